The van der Waals surface area contributed by atoms with Gasteiger partial charge in [-0.3, -0.25) is 4.68 Å². The van der Waals surface area contributed by atoms with Crippen LogP contribution in [0.25, 0.3) is 0 Å². The molecule has 2 rings (SSSR count). The molecule has 0 fully saturated rings. The second kappa shape index (κ2) is 7.11. The van der Waals surface area contributed by atoms with Crippen molar-refractivity contribution in [2.24, 2.45) is 0 Å². The number of hydrogen-bond donors (Lipinski definition) is 1. The Balaban J connectivity index is 2.19. The highest BCUT2D eigenvalue weighted by Crippen LogP contribution is 2.26. The van der Waals surface area contributed by atoms with Crippen LogP contribution in [0.5, 0.6) is 0 Å². The van der Waals surface area contributed by atoms with E-state index >= 15 is 0 Å². The van der Waals surface area contributed by atoms with Gasteiger partial charge in [-0.15, -0.1) is 0 Å². The normalized spacial score (nSPS) is 12.6. The van der Waals surface area contributed by atoms with E-state index in [2.05, 4.69) is 21.0 Å². The zero-order chi connectivity index (χ0) is 15.4. The first kappa shape index (κ1) is 16.1. The number of aliphatic hydroxyl groups is 1. The van der Waals surface area contributed by atoms with E-state index < -0.39 is 17.7 Å². The standard InChI is InChI=1S/C14H15BrF2N2O2/c1-21-3-2-19-14(12(15)8-18-19)13(20)6-9-4-10(16)7-11(17)5-9/h4-5,7-8,13,20H,2-3,6H2,1H3. The average Bonchev–Trinajstić information content (AvgIpc) is 2.76. The minimum atomic E-state index is -0.931. The third kappa shape index (κ3) is 4.09. The number of rotatable bonds is 6. The van der Waals surface area contributed by atoms with Crippen LogP contribution in [0.15, 0.2) is 28.9 Å². The molecule has 0 aliphatic heterocycles. The molecule has 21 heavy (non-hydrogen) atoms. The van der Waals surface area contributed by atoms with E-state index in [4.69, 9.17) is 4.74 Å². The second-order valence-electron chi connectivity index (χ2n) is 4.59. The molecule has 2 aromatic rings. The van der Waals surface area contributed by atoms with Gasteiger partial charge in [-0.05, 0) is 33.6 Å². The fraction of sp³-hybridized carbons (Fsp3) is 0.357. The lowest BCUT2D eigenvalue weighted by atomic mass is 10.1. The lowest BCUT2D eigenvalue weighted by Gasteiger charge is -2.14. The Morgan fingerprint density at radius 2 is 2.00 bits per heavy atom. The van der Waals surface area contributed by atoms with Crippen molar-refractivity contribution in [3.63, 3.8) is 0 Å². The van der Waals surface area contributed by atoms with Crippen LogP contribution in [0.1, 0.15) is 17.4 Å². The molecule has 7 heteroatoms. The number of nitrogens with zero attached hydrogens (tertiary/aromatic N) is 2. The van der Waals surface area contributed by atoms with Gasteiger partial charge in [-0.1, -0.05) is 0 Å². The van der Waals surface area contributed by atoms with E-state index in [1.807, 2.05) is 0 Å². The predicted octanol–water partition coefficient (Wildman–Crippen LogP) is 2.85. The summed E-state index contributed by atoms with van der Waals surface area (Å²) in [6, 6.07) is 3.21. The Kier molecular flexibility index (Phi) is 5.44. The van der Waals surface area contributed by atoms with Gasteiger partial charge in [0.05, 0.1) is 29.5 Å². The first-order chi connectivity index (χ1) is 10.0. The van der Waals surface area contributed by atoms with E-state index in [1.54, 1.807) is 18.0 Å². The van der Waals surface area contributed by atoms with Crippen LogP contribution >= 0.6 is 15.9 Å². The minimum absolute atomic E-state index is 0.0892. The molecular formula is C14H15BrF2N2O2. The largest absolute Gasteiger partial charge is 0.386 e. The summed E-state index contributed by atoms with van der Waals surface area (Å²) < 4.78 is 33.6. The monoisotopic (exact) mass is 360 g/mol. The maximum atomic E-state index is 13.2. The van der Waals surface area contributed by atoms with E-state index in [1.165, 1.54) is 12.1 Å². The second-order valence-corrected chi connectivity index (χ2v) is 5.45. The van der Waals surface area contributed by atoms with E-state index in [9.17, 15) is 13.9 Å². The molecule has 1 aromatic heterocycles. The van der Waals surface area contributed by atoms with E-state index in [0.29, 0.717) is 28.9 Å². The summed E-state index contributed by atoms with van der Waals surface area (Å²) in [6.45, 7) is 0.925. The van der Waals surface area contributed by atoms with Crippen molar-refractivity contribution in [2.75, 3.05) is 13.7 Å². The molecule has 1 heterocycles. The molecule has 0 aliphatic carbocycles. The van der Waals surface area contributed by atoms with Crippen LogP contribution in [0.3, 0.4) is 0 Å². The van der Waals surface area contributed by atoms with Crippen molar-refractivity contribution in [3.8, 4) is 0 Å². The van der Waals surface area contributed by atoms with Crippen LogP contribution in [-0.4, -0.2) is 28.6 Å². The molecule has 1 aromatic carbocycles. The molecule has 1 unspecified atom stereocenters. The topological polar surface area (TPSA) is 47.3 Å². The van der Waals surface area contributed by atoms with E-state index in [0.717, 1.165) is 6.07 Å². The van der Waals surface area contributed by atoms with Gasteiger partial charge in [-0.2, -0.15) is 5.10 Å². The molecule has 0 saturated carbocycles. The van der Waals surface area contributed by atoms with Gasteiger partial charge in [0.2, 0.25) is 0 Å². The molecule has 0 aliphatic rings. The van der Waals surface area contributed by atoms with E-state index in [-0.39, 0.29) is 6.42 Å². The summed E-state index contributed by atoms with van der Waals surface area (Å²) in [5.41, 5.74) is 0.933. The van der Waals surface area contributed by atoms with Crippen molar-refractivity contribution >= 4 is 15.9 Å². The van der Waals surface area contributed by atoms with Gasteiger partial charge in [-0.25, -0.2) is 8.78 Å². The molecule has 0 spiro atoms. The van der Waals surface area contributed by atoms with Gasteiger partial charge in [0.15, 0.2) is 0 Å². The summed E-state index contributed by atoms with van der Waals surface area (Å²) in [7, 11) is 1.57. The van der Waals surface area contributed by atoms with Crippen LogP contribution in [0.2, 0.25) is 0 Å². The zero-order valence-electron chi connectivity index (χ0n) is 11.4. The summed E-state index contributed by atoms with van der Waals surface area (Å²) in [5, 5.41) is 14.5. The highest BCUT2D eigenvalue weighted by Gasteiger charge is 2.19. The molecule has 1 atom stereocenters. The third-order valence-electron chi connectivity index (χ3n) is 3.01. The minimum Gasteiger partial charge on any atom is -0.386 e. The first-order valence-electron chi connectivity index (χ1n) is 6.34. The first-order valence-corrected chi connectivity index (χ1v) is 7.13. The predicted molar refractivity (Wildman–Crippen MR) is 76.8 cm³/mol. The third-order valence-corrected chi connectivity index (χ3v) is 3.62. The number of aliphatic hydroxyl groups excluding tert-OH is 1. The van der Waals surface area contributed by atoms with Gasteiger partial charge < -0.3 is 9.84 Å². The number of methoxy groups -OCH3 is 1. The van der Waals surface area contributed by atoms with Gasteiger partial charge in [0.25, 0.3) is 0 Å². The lowest BCUT2D eigenvalue weighted by molar-refractivity contribution is 0.152. The van der Waals surface area contributed by atoms with Crippen LogP contribution in [0.4, 0.5) is 8.78 Å². The van der Waals surface area contributed by atoms with Crippen molar-refractivity contribution in [1.82, 2.24) is 9.78 Å². The number of hydrogen-bond acceptors (Lipinski definition) is 3. The molecule has 0 radical (unpaired) electrons. The zero-order valence-corrected chi connectivity index (χ0v) is 13.0. The summed E-state index contributed by atoms with van der Waals surface area (Å²) >= 11 is 3.32. The molecule has 0 amide bonds. The molecule has 0 bridgehead atoms. The number of aromatic nitrogens is 2. The van der Waals surface area contributed by atoms with Crippen LogP contribution < -0.4 is 0 Å². The molecule has 114 valence electrons. The summed E-state index contributed by atoms with van der Waals surface area (Å²) in [5.74, 6) is -1.33. The van der Waals surface area contributed by atoms with Crippen molar-refractivity contribution in [3.05, 3.63) is 51.8 Å². The fourth-order valence-electron chi connectivity index (χ4n) is 2.11. The van der Waals surface area contributed by atoms with Gasteiger partial charge in [0.1, 0.15) is 17.7 Å². The Morgan fingerprint density at radius 3 is 2.62 bits per heavy atom. The number of halogens is 3. The molecular weight excluding hydrogens is 346 g/mol. The molecule has 1 N–H and O–H groups in total. The fourth-order valence-corrected chi connectivity index (χ4v) is 2.67. The highest BCUT2D eigenvalue weighted by atomic mass is 79.9. The number of ether oxygens (including phenoxy) is 1. The molecule has 0 saturated heterocycles. The Hall–Kier alpha value is -1.31. The average molecular weight is 361 g/mol. The quantitative estimate of drug-likeness (QED) is 0.861. The van der Waals surface area contributed by atoms with Crippen molar-refractivity contribution in [1.29, 1.82) is 0 Å². The Morgan fingerprint density at radius 1 is 1.33 bits per heavy atom. The summed E-state index contributed by atoms with van der Waals surface area (Å²) in [6.07, 6.45) is 0.728. The van der Waals surface area contributed by atoms with Gasteiger partial charge >= 0.3 is 0 Å². The van der Waals surface area contributed by atoms with Crippen LogP contribution in [-0.2, 0) is 17.7 Å². The maximum absolute atomic E-state index is 13.2. The van der Waals surface area contributed by atoms with Gasteiger partial charge in [0, 0.05) is 19.6 Å². The smallest absolute Gasteiger partial charge is 0.126 e. The SMILES string of the molecule is COCCn1ncc(Br)c1C(O)Cc1cc(F)cc(F)c1. The maximum Gasteiger partial charge on any atom is 0.126 e. The van der Waals surface area contributed by atoms with Crippen LogP contribution in [0, 0.1) is 11.6 Å². The molecule has 4 nitrogen and oxygen atoms in total. The highest BCUT2D eigenvalue weighted by molar-refractivity contribution is 9.10. The number of benzene rings is 1. The van der Waals surface area contributed by atoms with Crippen molar-refractivity contribution in [2.45, 2.75) is 19.1 Å². The van der Waals surface area contributed by atoms with Crippen molar-refractivity contribution < 1.29 is 18.6 Å². The Bertz CT molecular complexity index is 599. The summed E-state index contributed by atoms with van der Waals surface area (Å²) in [4.78, 5) is 0. The Labute approximate surface area is 129 Å². The lowest BCUT2D eigenvalue weighted by Crippen LogP contribution is -2.14.